The van der Waals surface area contributed by atoms with E-state index in [1.807, 2.05) is 4.72 Å². The second-order valence-corrected chi connectivity index (χ2v) is 9.00. The van der Waals surface area contributed by atoms with Crippen molar-refractivity contribution in [2.75, 3.05) is 30.9 Å². The third-order valence-corrected chi connectivity index (χ3v) is 6.81. The highest BCUT2D eigenvalue weighted by molar-refractivity contribution is 7.92. The summed E-state index contributed by atoms with van der Waals surface area (Å²) in [6.07, 6.45) is 2.18. The van der Waals surface area contributed by atoms with Crippen LogP contribution in [0.3, 0.4) is 0 Å². The molecule has 29 heavy (non-hydrogen) atoms. The summed E-state index contributed by atoms with van der Waals surface area (Å²) in [6.45, 7) is 3.07. The number of carbonyl (C=O) groups excluding carboxylic acids is 1. The van der Waals surface area contributed by atoms with E-state index in [4.69, 9.17) is 0 Å². The van der Waals surface area contributed by atoms with Crippen LogP contribution in [0.25, 0.3) is 0 Å². The zero-order valence-corrected chi connectivity index (χ0v) is 16.5. The molecule has 2 aliphatic heterocycles. The highest BCUT2D eigenvalue weighted by Crippen LogP contribution is 2.25. The molecule has 6 nitrogen and oxygen atoms in total. The molecule has 4 rings (SSSR count). The van der Waals surface area contributed by atoms with Crippen LogP contribution in [-0.4, -0.2) is 56.3 Å². The minimum atomic E-state index is -4.27. The van der Waals surface area contributed by atoms with Gasteiger partial charge in [0.15, 0.2) is 0 Å². The predicted molar refractivity (Wildman–Crippen MR) is 104 cm³/mol. The van der Waals surface area contributed by atoms with Gasteiger partial charge in [-0.25, -0.2) is 17.2 Å². The van der Waals surface area contributed by atoms with Gasteiger partial charge in [-0.3, -0.25) is 14.4 Å². The molecule has 2 aliphatic rings. The van der Waals surface area contributed by atoms with Crippen LogP contribution in [0.5, 0.6) is 0 Å². The van der Waals surface area contributed by atoms with Crippen molar-refractivity contribution in [1.82, 2.24) is 9.80 Å². The summed E-state index contributed by atoms with van der Waals surface area (Å²) in [5.74, 6) is -2.28. The molecule has 1 N–H and O–H groups in total. The number of benzene rings is 2. The molecule has 0 bridgehead atoms. The Hall–Kier alpha value is -2.52. The predicted octanol–water partition coefficient (Wildman–Crippen LogP) is 2.69. The third-order valence-electron chi connectivity index (χ3n) is 5.47. The lowest BCUT2D eigenvalue weighted by Gasteiger charge is -2.37. The van der Waals surface area contributed by atoms with Crippen molar-refractivity contribution in [3.8, 4) is 0 Å². The van der Waals surface area contributed by atoms with Gasteiger partial charge in [0.2, 0.25) is 0 Å². The van der Waals surface area contributed by atoms with Crippen LogP contribution in [0.1, 0.15) is 23.2 Å². The van der Waals surface area contributed by atoms with E-state index in [1.54, 1.807) is 11.0 Å². The SMILES string of the molecule is O=C(c1cccc(S(=O)(=O)Nc2c(F)cccc2F)c1)N1CCN2CCC[C@@H]2C1. The van der Waals surface area contributed by atoms with Gasteiger partial charge in [-0.15, -0.1) is 0 Å². The number of sulfonamides is 1. The summed E-state index contributed by atoms with van der Waals surface area (Å²) in [4.78, 5) is 16.8. The number of fused-ring (bicyclic) bond motifs is 1. The highest BCUT2D eigenvalue weighted by Gasteiger charge is 2.33. The topological polar surface area (TPSA) is 69.7 Å². The van der Waals surface area contributed by atoms with Gasteiger partial charge in [0.05, 0.1) is 4.90 Å². The number of amides is 1. The van der Waals surface area contributed by atoms with Gasteiger partial charge in [0, 0.05) is 31.2 Å². The first-order valence-electron chi connectivity index (χ1n) is 9.45. The van der Waals surface area contributed by atoms with Gasteiger partial charge in [-0.05, 0) is 49.7 Å². The summed E-state index contributed by atoms with van der Waals surface area (Å²) < 4.78 is 54.8. The van der Waals surface area contributed by atoms with Crippen LogP contribution in [0, 0.1) is 11.6 Å². The number of hydrogen-bond donors (Lipinski definition) is 1. The van der Waals surface area contributed by atoms with Crippen molar-refractivity contribution in [2.45, 2.75) is 23.8 Å². The molecule has 0 aliphatic carbocycles. The minimum Gasteiger partial charge on any atom is -0.336 e. The Morgan fingerprint density at radius 3 is 2.52 bits per heavy atom. The Morgan fingerprint density at radius 2 is 1.76 bits per heavy atom. The number of nitrogens with one attached hydrogen (secondary N) is 1. The maximum atomic E-state index is 13.8. The van der Waals surface area contributed by atoms with E-state index in [1.165, 1.54) is 18.2 Å². The zero-order chi connectivity index (χ0) is 20.6. The normalized spacial score (nSPS) is 19.8. The van der Waals surface area contributed by atoms with E-state index in [0.29, 0.717) is 19.1 Å². The Kier molecular flexibility index (Phi) is 5.26. The summed E-state index contributed by atoms with van der Waals surface area (Å²) in [5, 5.41) is 0. The molecule has 2 aromatic rings. The maximum absolute atomic E-state index is 13.8. The number of hydrogen-bond acceptors (Lipinski definition) is 4. The van der Waals surface area contributed by atoms with E-state index in [9.17, 15) is 22.0 Å². The van der Waals surface area contributed by atoms with Gasteiger partial charge in [-0.2, -0.15) is 0 Å². The van der Waals surface area contributed by atoms with Crippen LogP contribution in [0.4, 0.5) is 14.5 Å². The first kappa shape index (κ1) is 19.8. The van der Waals surface area contributed by atoms with Gasteiger partial charge in [0.1, 0.15) is 17.3 Å². The van der Waals surface area contributed by atoms with E-state index in [2.05, 4.69) is 4.90 Å². The van der Waals surface area contributed by atoms with Gasteiger partial charge < -0.3 is 4.90 Å². The molecule has 1 atom stereocenters. The van der Waals surface area contributed by atoms with Crippen molar-refractivity contribution in [3.63, 3.8) is 0 Å². The van der Waals surface area contributed by atoms with E-state index >= 15 is 0 Å². The molecule has 2 saturated heterocycles. The maximum Gasteiger partial charge on any atom is 0.262 e. The van der Waals surface area contributed by atoms with E-state index < -0.39 is 27.3 Å². The van der Waals surface area contributed by atoms with Gasteiger partial charge in [0.25, 0.3) is 15.9 Å². The Bertz CT molecular complexity index is 1020. The van der Waals surface area contributed by atoms with Crippen molar-refractivity contribution >= 4 is 21.6 Å². The monoisotopic (exact) mass is 421 g/mol. The van der Waals surface area contributed by atoms with Crippen molar-refractivity contribution in [2.24, 2.45) is 0 Å². The Labute approximate surface area is 168 Å². The first-order valence-corrected chi connectivity index (χ1v) is 10.9. The van der Waals surface area contributed by atoms with Crippen LogP contribution in [-0.2, 0) is 10.0 Å². The molecule has 154 valence electrons. The number of rotatable bonds is 4. The zero-order valence-electron chi connectivity index (χ0n) is 15.6. The lowest BCUT2D eigenvalue weighted by molar-refractivity contribution is 0.0571. The van der Waals surface area contributed by atoms with Gasteiger partial charge >= 0.3 is 0 Å². The van der Waals surface area contributed by atoms with Crippen LogP contribution in [0.15, 0.2) is 47.4 Å². The fraction of sp³-hybridized carbons (Fsp3) is 0.350. The molecule has 0 unspecified atom stereocenters. The first-order chi connectivity index (χ1) is 13.8. The molecule has 0 radical (unpaired) electrons. The molecule has 0 spiro atoms. The third kappa shape index (κ3) is 3.97. The van der Waals surface area contributed by atoms with Crippen LogP contribution < -0.4 is 4.72 Å². The van der Waals surface area contributed by atoms with Crippen molar-refractivity contribution < 1.29 is 22.0 Å². The second-order valence-electron chi connectivity index (χ2n) is 7.31. The number of piperazine rings is 1. The van der Waals surface area contributed by atoms with Crippen molar-refractivity contribution in [3.05, 3.63) is 59.7 Å². The number of carbonyl (C=O) groups is 1. The second kappa shape index (κ2) is 7.72. The summed E-state index contributed by atoms with van der Waals surface area (Å²) in [5.41, 5.74) is -0.519. The molecule has 2 heterocycles. The lowest BCUT2D eigenvalue weighted by atomic mass is 10.1. The molecule has 0 saturated carbocycles. The van der Waals surface area contributed by atoms with E-state index in [-0.39, 0.29) is 16.4 Å². The number of halogens is 2. The van der Waals surface area contributed by atoms with Gasteiger partial charge in [-0.1, -0.05) is 12.1 Å². The molecule has 0 aromatic heterocycles. The fourth-order valence-electron chi connectivity index (χ4n) is 3.94. The fourth-order valence-corrected chi connectivity index (χ4v) is 5.06. The molecule has 2 fully saturated rings. The molecular formula is C20H21F2N3O3S. The number of anilines is 1. The molecule has 1 amide bonds. The molecular weight excluding hydrogens is 400 g/mol. The quantitative estimate of drug-likeness (QED) is 0.824. The summed E-state index contributed by atoms with van der Waals surface area (Å²) in [6, 6.07) is 8.94. The average molecular weight is 421 g/mol. The number of para-hydroxylation sites is 1. The minimum absolute atomic E-state index is 0.230. The Morgan fingerprint density at radius 1 is 1.03 bits per heavy atom. The lowest BCUT2D eigenvalue weighted by Crippen LogP contribution is -2.52. The van der Waals surface area contributed by atoms with Crippen molar-refractivity contribution in [1.29, 1.82) is 0 Å². The summed E-state index contributed by atoms with van der Waals surface area (Å²) >= 11 is 0. The number of nitrogens with zero attached hydrogens (tertiary/aromatic N) is 2. The highest BCUT2D eigenvalue weighted by atomic mass is 32.2. The van der Waals surface area contributed by atoms with Crippen LogP contribution in [0.2, 0.25) is 0 Å². The van der Waals surface area contributed by atoms with Crippen LogP contribution >= 0.6 is 0 Å². The Balaban J connectivity index is 1.55. The standard InChI is InChI=1S/C20H21F2N3O3S/c21-17-7-2-8-18(22)19(17)23-29(27,28)16-6-1-4-14(12-16)20(26)25-11-10-24-9-3-5-15(24)13-25/h1-2,4,6-8,12,15,23H,3,5,9-11,13H2/t15-/m1/s1. The molecule has 9 heteroatoms. The molecule has 2 aromatic carbocycles. The largest absolute Gasteiger partial charge is 0.336 e. The average Bonchev–Trinajstić information content (AvgIpc) is 3.18. The summed E-state index contributed by atoms with van der Waals surface area (Å²) in [7, 11) is -4.27. The smallest absolute Gasteiger partial charge is 0.262 e. The van der Waals surface area contributed by atoms with E-state index in [0.717, 1.165) is 44.1 Å².